The monoisotopic (exact) mass is 382 g/mol. The zero-order valence-corrected chi connectivity index (χ0v) is 16.7. The first-order chi connectivity index (χ1) is 13.3. The Balaban J connectivity index is 1.43. The molecule has 7 heteroatoms. The molecule has 142 valence electrons. The van der Waals surface area contributed by atoms with Crippen molar-refractivity contribution in [2.75, 3.05) is 30.3 Å². The average Bonchev–Trinajstić information content (AvgIpc) is 3.19. The molecule has 0 aliphatic rings. The molecule has 1 heterocycles. The van der Waals surface area contributed by atoms with Crippen molar-refractivity contribution >= 4 is 17.4 Å². The van der Waals surface area contributed by atoms with Crippen LogP contribution in [0.3, 0.4) is 0 Å². The summed E-state index contributed by atoms with van der Waals surface area (Å²) in [6.07, 6.45) is 0. The zero-order chi connectivity index (χ0) is 18.9. The molecule has 0 aliphatic heterocycles. The Bertz CT molecular complexity index is 799. The highest BCUT2D eigenvalue weighted by Gasteiger charge is 2.08. The van der Waals surface area contributed by atoms with Gasteiger partial charge in [-0.05, 0) is 54.1 Å². The van der Waals surface area contributed by atoms with E-state index in [-0.39, 0.29) is 0 Å². The molecular weight excluding hydrogens is 356 g/mol. The van der Waals surface area contributed by atoms with Crippen LogP contribution in [0.5, 0.6) is 0 Å². The van der Waals surface area contributed by atoms with Gasteiger partial charge in [0.1, 0.15) is 0 Å². The molecule has 0 radical (unpaired) electrons. The number of aromatic nitrogens is 4. The van der Waals surface area contributed by atoms with Gasteiger partial charge in [-0.15, -0.1) is 5.10 Å². The Morgan fingerprint density at radius 2 is 1.74 bits per heavy atom. The number of rotatable bonds is 10. The molecule has 0 saturated carbocycles. The third kappa shape index (κ3) is 5.30. The highest BCUT2D eigenvalue weighted by atomic mass is 32.2. The third-order valence-electron chi connectivity index (χ3n) is 4.35. The number of tetrazole rings is 1. The van der Waals surface area contributed by atoms with Crippen LogP contribution in [0.25, 0.3) is 5.69 Å². The molecule has 0 saturated heterocycles. The number of nitrogens with one attached hydrogen (secondary N) is 1. The summed E-state index contributed by atoms with van der Waals surface area (Å²) in [5, 5.41) is 16.3. The predicted molar refractivity (Wildman–Crippen MR) is 112 cm³/mol. The molecule has 1 aromatic heterocycles. The van der Waals surface area contributed by atoms with Gasteiger partial charge in [0.25, 0.3) is 0 Å². The Kier molecular flexibility index (Phi) is 7.24. The normalized spacial score (nSPS) is 10.9. The fourth-order valence-electron chi connectivity index (χ4n) is 2.86. The van der Waals surface area contributed by atoms with Crippen LogP contribution in [0.15, 0.2) is 59.8 Å². The van der Waals surface area contributed by atoms with Crippen molar-refractivity contribution in [2.45, 2.75) is 25.5 Å². The van der Waals surface area contributed by atoms with Gasteiger partial charge in [-0.2, -0.15) is 4.68 Å². The maximum Gasteiger partial charge on any atom is 0.214 e. The number of thioether (sulfide) groups is 1. The first kappa shape index (κ1) is 19.4. The van der Waals surface area contributed by atoms with Gasteiger partial charge in [0.15, 0.2) is 0 Å². The van der Waals surface area contributed by atoms with Crippen LogP contribution in [0, 0.1) is 0 Å². The molecule has 6 nitrogen and oxygen atoms in total. The predicted octanol–water partition coefficient (Wildman–Crippen LogP) is 3.39. The fourth-order valence-corrected chi connectivity index (χ4v) is 3.65. The van der Waals surface area contributed by atoms with Gasteiger partial charge >= 0.3 is 0 Å². The average molecular weight is 383 g/mol. The van der Waals surface area contributed by atoms with E-state index in [1.807, 2.05) is 30.3 Å². The van der Waals surface area contributed by atoms with E-state index in [0.29, 0.717) is 0 Å². The Morgan fingerprint density at radius 1 is 1.00 bits per heavy atom. The molecule has 0 amide bonds. The van der Waals surface area contributed by atoms with E-state index in [1.165, 1.54) is 11.3 Å². The van der Waals surface area contributed by atoms with Crippen molar-refractivity contribution < 1.29 is 0 Å². The third-order valence-corrected chi connectivity index (χ3v) is 5.27. The first-order valence-corrected chi connectivity index (χ1v) is 10.3. The molecule has 3 rings (SSSR count). The van der Waals surface area contributed by atoms with E-state index in [9.17, 15) is 0 Å². The summed E-state index contributed by atoms with van der Waals surface area (Å²) in [5.41, 5.74) is 3.56. The summed E-state index contributed by atoms with van der Waals surface area (Å²) >= 11 is 1.65. The Hall–Kier alpha value is -2.38. The molecule has 0 unspecified atom stereocenters. The van der Waals surface area contributed by atoms with Crippen LogP contribution in [-0.2, 0) is 6.54 Å². The van der Waals surface area contributed by atoms with Gasteiger partial charge in [-0.3, -0.25) is 0 Å². The number of para-hydroxylation sites is 1. The largest absolute Gasteiger partial charge is 0.372 e. The summed E-state index contributed by atoms with van der Waals surface area (Å²) < 4.78 is 1.77. The lowest BCUT2D eigenvalue weighted by molar-refractivity contribution is 0.727. The van der Waals surface area contributed by atoms with Gasteiger partial charge in [-0.1, -0.05) is 42.1 Å². The van der Waals surface area contributed by atoms with Gasteiger partial charge in [0, 0.05) is 37.6 Å². The van der Waals surface area contributed by atoms with Crippen molar-refractivity contribution in [3.8, 4) is 5.69 Å². The SMILES string of the molecule is CCN(CC)c1ccc(CNCCSc2nnnn2-c2ccccc2)cc1. The van der Waals surface area contributed by atoms with Crippen LogP contribution in [0.4, 0.5) is 5.69 Å². The molecular formula is C20H26N6S. The lowest BCUT2D eigenvalue weighted by atomic mass is 10.2. The van der Waals surface area contributed by atoms with E-state index < -0.39 is 0 Å². The Morgan fingerprint density at radius 3 is 2.44 bits per heavy atom. The maximum absolute atomic E-state index is 4.12. The van der Waals surface area contributed by atoms with Crippen molar-refractivity contribution in [2.24, 2.45) is 0 Å². The van der Waals surface area contributed by atoms with E-state index in [4.69, 9.17) is 0 Å². The topological polar surface area (TPSA) is 58.9 Å². The smallest absolute Gasteiger partial charge is 0.214 e. The number of benzene rings is 2. The fraction of sp³-hybridized carbons (Fsp3) is 0.350. The van der Waals surface area contributed by atoms with E-state index in [0.717, 1.165) is 42.8 Å². The van der Waals surface area contributed by atoms with Crippen LogP contribution >= 0.6 is 11.8 Å². The lowest BCUT2D eigenvalue weighted by Crippen LogP contribution is -2.21. The van der Waals surface area contributed by atoms with Crippen molar-refractivity contribution in [3.05, 3.63) is 60.2 Å². The minimum absolute atomic E-state index is 0.812. The van der Waals surface area contributed by atoms with Crippen molar-refractivity contribution in [1.82, 2.24) is 25.5 Å². The summed E-state index contributed by atoms with van der Waals surface area (Å²) in [6, 6.07) is 18.8. The minimum atomic E-state index is 0.812. The standard InChI is InChI=1S/C20H26N6S/c1-3-25(4-2)18-12-10-17(11-13-18)16-21-14-15-27-20-22-23-24-26(20)19-8-6-5-7-9-19/h5-13,21H,3-4,14-16H2,1-2H3. The second-order valence-corrected chi connectivity index (χ2v) is 7.13. The molecule has 0 aliphatic carbocycles. The molecule has 0 fully saturated rings. The second-order valence-electron chi connectivity index (χ2n) is 6.07. The number of hydrogen-bond donors (Lipinski definition) is 1. The van der Waals surface area contributed by atoms with E-state index in [2.05, 4.69) is 63.9 Å². The summed E-state index contributed by atoms with van der Waals surface area (Å²) in [6.45, 7) is 8.20. The highest BCUT2D eigenvalue weighted by Crippen LogP contribution is 2.17. The molecule has 0 atom stereocenters. The van der Waals surface area contributed by atoms with Crippen LogP contribution < -0.4 is 10.2 Å². The number of anilines is 1. The number of nitrogens with zero attached hydrogens (tertiary/aromatic N) is 5. The van der Waals surface area contributed by atoms with Crippen molar-refractivity contribution in [3.63, 3.8) is 0 Å². The molecule has 0 bridgehead atoms. The quantitative estimate of drug-likeness (QED) is 0.428. The van der Waals surface area contributed by atoms with Gasteiger partial charge < -0.3 is 10.2 Å². The van der Waals surface area contributed by atoms with Gasteiger partial charge in [-0.25, -0.2) is 0 Å². The van der Waals surface area contributed by atoms with Gasteiger partial charge in [0.05, 0.1) is 5.69 Å². The Labute approximate surface area is 165 Å². The molecule has 3 aromatic rings. The summed E-state index contributed by atoms with van der Waals surface area (Å²) in [5.74, 6) is 0.907. The molecule has 2 aromatic carbocycles. The van der Waals surface area contributed by atoms with Crippen molar-refractivity contribution in [1.29, 1.82) is 0 Å². The molecule has 1 N–H and O–H groups in total. The summed E-state index contributed by atoms with van der Waals surface area (Å²) in [4.78, 5) is 2.35. The minimum Gasteiger partial charge on any atom is -0.372 e. The summed E-state index contributed by atoms with van der Waals surface area (Å²) in [7, 11) is 0. The maximum atomic E-state index is 4.12. The molecule has 0 spiro atoms. The lowest BCUT2D eigenvalue weighted by Gasteiger charge is -2.21. The highest BCUT2D eigenvalue weighted by molar-refractivity contribution is 7.99. The van der Waals surface area contributed by atoms with E-state index >= 15 is 0 Å². The van der Waals surface area contributed by atoms with Crippen LogP contribution in [0.2, 0.25) is 0 Å². The first-order valence-electron chi connectivity index (χ1n) is 9.33. The second kappa shape index (κ2) is 10.1. The van der Waals surface area contributed by atoms with E-state index in [1.54, 1.807) is 16.4 Å². The van der Waals surface area contributed by atoms with Crippen LogP contribution in [0.1, 0.15) is 19.4 Å². The number of hydrogen-bond acceptors (Lipinski definition) is 6. The zero-order valence-electron chi connectivity index (χ0n) is 15.9. The van der Waals surface area contributed by atoms with Crippen LogP contribution in [-0.4, -0.2) is 45.6 Å². The van der Waals surface area contributed by atoms with Gasteiger partial charge in [0.2, 0.25) is 5.16 Å². The molecule has 27 heavy (non-hydrogen) atoms.